The molecule has 0 aliphatic carbocycles. The van der Waals surface area contributed by atoms with Gasteiger partial charge in [0.2, 0.25) is 0 Å². The van der Waals surface area contributed by atoms with Crippen LogP contribution in [0.1, 0.15) is 25.0 Å². The topological polar surface area (TPSA) is 30.7 Å². The molecular weight excluding hydrogens is 195 g/mol. The number of rotatable bonds is 2. The molecule has 1 aromatic rings. The summed E-state index contributed by atoms with van der Waals surface area (Å²) in [4.78, 5) is 3.36. The Balaban J connectivity index is 2.99. The van der Waals surface area contributed by atoms with Crippen molar-refractivity contribution in [2.24, 2.45) is 7.05 Å². The molecule has 0 aromatic carbocycles. The van der Waals surface area contributed by atoms with Crippen LogP contribution in [0.5, 0.6) is 0 Å². The van der Waals surface area contributed by atoms with Crippen LogP contribution in [0, 0.1) is 0 Å². The standard InChI is InChI=1S/C8H10F3N3/c1-3-4-5-6-12-7(8(9,10)11)13-14(6)2/h4-5H,3H2,1-2H3/b5-4-. The van der Waals surface area contributed by atoms with E-state index in [1.165, 1.54) is 13.1 Å². The normalized spacial score (nSPS) is 12.6. The van der Waals surface area contributed by atoms with Gasteiger partial charge in [0.05, 0.1) is 0 Å². The zero-order chi connectivity index (χ0) is 10.8. The summed E-state index contributed by atoms with van der Waals surface area (Å²) in [7, 11) is 1.43. The van der Waals surface area contributed by atoms with Crippen molar-refractivity contribution in [3.05, 3.63) is 17.7 Å². The molecule has 0 aliphatic rings. The molecule has 6 heteroatoms. The van der Waals surface area contributed by atoms with Crippen molar-refractivity contribution in [2.75, 3.05) is 0 Å². The lowest BCUT2D eigenvalue weighted by Gasteiger charge is -1.97. The molecule has 0 amide bonds. The van der Waals surface area contributed by atoms with Gasteiger partial charge >= 0.3 is 6.18 Å². The van der Waals surface area contributed by atoms with Crippen LogP contribution >= 0.6 is 0 Å². The summed E-state index contributed by atoms with van der Waals surface area (Å²) >= 11 is 0. The molecule has 0 saturated heterocycles. The summed E-state index contributed by atoms with van der Waals surface area (Å²) in [5, 5.41) is 3.26. The minimum atomic E-state index is -4.48. The molecule has 78 valence electrons. The van der Waals surface area contributed by atoms with Gasteiger partial charge in [-0.2, -0.15) is 13.2 Å². The third-order valence-electron chi connectivity index (χ3n) is 1.55. The van der Waals surface area contributed by atoms with Crippen LogP contribution in [0.2, 0.25) is 0 Å². The van der Waals surface area contributed by atoms with E-state index in [9.17, 15) is 13.2 Å². The third-order valence-corrected chi connectivity index (χ3v) is 1.55. The van der Waals surface area contributed by atoms with E-state index in [2.05, 4.69) is 10.1 Å². The molecule has 1 aromatic heterocycles. The van der Waals surface area contributed by atoms with Gasteiger partial charge in [0.15, 0.2) is 5.82 Å². The van der Waals surface area contributed by atoms with Crippen molar-refractivity contribution in [3.63, 3.8) is 0 Å². The van der Waals surface area contributed by atoms with E-state index < -0.39 is 12.0 Å². The predicted molar refractivity (Wildman–Crippen MR) is 45.3 cm³/mol. The van der Waals surface area contributed by atoms with E-state index in [4.69, 9.17) is 0 Å². The summed E-state index contributed by atoms with van der Waals surface area (Å²) in [6.07, 6.45) is -0.489. The molecule has 1 rings (SSSR count). The van der Waals surface area contributed by atoms with Crippen LogP contribution in [0.4, 0.5) is 13.2 Å². The first-order valence-electron chi connectivity index (χ1n) is 4.10. The minimum Gasteiger partial charge on any atom is -0.249 e. The van der Waals surface area contributed by atoms with E-state index >= 15 is 0 Å². The Morgan fingerprint density at radius 3 is 2.50 bits per heavy atom. The average Bonchev–Trinajstić information content (AvgIpc) is 2.43. The van der Waals surface area contributed by atoms with Crippen LogP contribution in [-0.2, 0) is 13.2 Å². The largest absolute Gasteiger partial charge is 0.453 e. The van der Waals surface area contributed by atoms with Gasteiger partial charge in [0.1, 0.15) is 0 Å². The predicted octanol–water partition coefficient (Wildman–Crippen LogP) is 2.26. The number of aryl methyl sites for hydroxylation is 1. The highest BCUT2D eigenvalue weighted by Crippen LogP contribution is 2.26. The van der Waals surface area contributed by atoms with Gasteiger partial charge in [0, 0.05) is 7.05 Å². The molecule has 0 atom stereocenters. The quantitative estimate of drug-likeness (QED) is 0.741. The van der Waals surface area contributed by atoms with Crippen molar-refractivity contribution in [1.29, 1.82) is 0 Å². The van der Waals surface area contributed by atoms with Crippen molar-refractivity contribution in [3.8, 4) is 0 Å². The summed E-state index contributed by atoms with van der Waals surface area (Å²) in [5.41, 5.74) is 0. The van der Waals surface area contributed by atoms with Crippen LogP contribution < -0.4 is 0 Å². The van der Waals surface area contributed by atoms with Crippen molar-refractivity contribution < 1.29 is 13.2 Å². The number of hydrogen-bond acceptors (Lipinski definition) is 2. The monoisotopic (exact) mass is 205 g/mol. The number of hydrogen-bond donors (Lipinski definition) is 0. The van der Waals surface area contributed by atoms with Crippen LogP contribution in [0.25, 0.3) is 6.08 Å². The highest BCUT2D eigenvalue weighted by Gasteiger charge is 2.36. The fraction of sp³-hybridized carbons (Fsp3) is 0.500. The Morgan fingerprint density at radius 1 is 1.43 bits per heavy atom. The lowest BCUT2D eigenvalue weighted by Crippen LogP contribution is -2.08. The maximum Gasteiger partial charge on any atom is 0.453 e. The number of halogens is 3. The van der Waals surface area contributed by atoms with Crippen molar-refractivity contribution >= 4 is 6.08 Å². The van der Waals surface area contributed by atoms with E-state index in [1.54, 1.807) is 6.08 Å². The second kappa shape index (κ2) is 3.81. The summed E-state index contributed by atoms with van der Waals surface area (Å²) in [5.74, 6) is -0.894. The molecule has 3 nitrogen and oxygen atoms in total. The molecule has 1 heterocycles. The highest BCUT2D eigenvalue weighted by molar-refractivity contribution is 5.39. The zero-order valence-corrected chi connectivity index (χ0v) is 7.84. The minimum absolute atomic E-state index is 0.208. The molecule has 0 N–H and O–H groups in total. The summed E-state index contributed by atoms with van der Waals surface area (Å²) < 4.78 is 37.5. The first kappa shape index (κ1) is 10.7. The number of alkyl halides is 3. The first-order chi connectivity index (χ1) is 6.45. The van der Waals surface area contributed by atoms with Gasteiger partial charge in [-0.15, -0.1) is 5.10 Å². The Labute approximate surface area is 79.3 Å². The van der Waals surface area contributed by atoms with E-state index in [1.807, 2.05) is 6.92 Å². The smallest absolute Gasteiger partial charge is 0.249 e. The van der Waals surface area contributed by atoms with Crippen molar-refractivity contribution in [2.45, 2.75) is 19.5 Å². The van der Waals surface area contributed by atoms with Crippen LogP contribution in [0.15, 0.2) is 6.08 Å². The molecule has 0 spiro atoms. The van der Waals surface area contributed by atoms with Gasteiger partial charge in [-0.1, -0.05) is 13.0 Å². The SMILES string of the molecule is CC/C=C\c1nc(C(F)(F)F)nn1C. The van der Waals surface area contributed by atoms with Crippen LogP contribution in [-0.4, -0.2) is 14.8 Å². The molecule has 0 aliphatic heterocycles. The van der Waals surface area contributed by atoms with Crippen LogP contribution in [0.3, 0.4) is 0 Å². The first-order valence-corrected chi connectivity index (χ1v) is 4.10. The summed E-state index contributed by atoms with van der Waals surface area (Å²) in [6.45, 7) is 1.89. The van der Waals surface area contributed by atoms with Gasteiger partial charge < -0.3 is 0 Å². The number of aromatic nitrogens is 3. The Morgan fingerprint density at radius 2 is 2.07 bits per heavy atom. The second-order valence-electron chi connectivity index (χ2n) is 2.73. The molecule has 0 saturated carbocycles. The number of allylic oxidation sites excluding steroid dienone is 1. The maximum atomic E-state index is 12.1. The fourth-order valence-electron chi connectivity index (χ4n) is 0.885. The molecule has 0 radical (unpaired) electrons. The molecular formula is C8H10F3N3. The van der Waals surface area contributed by atoms with Gasteiger partial charge in [-0.25, -0.2) is 9.67 Å². The van der Waals surface area contributed by atoms with E-state index in [0.717, 1.165) is 11.1 Å². The van der Waals surface area contributed by atoms with Gasteiger partial charge in [-0.3, -0.25) is 0 Å². The third kappa shape index (κ3) is 2.34. The van der Waals surface area contributed by atoms with Gasteiger partial charge in [0.25, 0.3) is 5.82 Å². The number of nitrogens with zero attached hydrogens (tertiary/aromatic N) is 3. The Bertz CT molecular complexity index is 338. The zero-order valence-electron chi connectivity index (χ0n) is 7.84. The maximum absolute atomic E-state index is 12.1. The second-order valence-corrected chi connectivity index (χ2v) is 2.73. The Hall–Kier alpha value is -1.33. The average molecular weight is 205 g/mol. The molecule has 0 bridgehead atoms. The van der Waals surface area contributed by atoms with E-state index in [0.29, 0.717) is 0 Å². The molecule has 0 fully saturated rings. The molecule has 0 unspecified atom stereocenters. The van der Waals surface area contributed by atoms with E-state index in [-0.39, 0.29) is 5.82 Å². The molecule has 14 heavy (non-hydrogen) atoms. The fourth-order valence-corrected chi connectivity index (χ4v) is 0.885. The lowest BCUT2D eigenvalue weighted by atomic mass is 10.4. The highest BCUT2D eigenvalue weighted by atomic mass is 19.4. The Kier molecular flexibility index (Phi) is 2.93. The van der Waals surface area contributed by atoms with Gasteiger partial charge in [-0.05, 0) is 12.5 Å². The lowest BCUT2D eigenvalue weighted by molar-refractivity contribution is -0.144. The van der Waals surface area contributed by atoms with Crippen molar-refractivity contribution in [1.82, 2.24) is 14.8 Å². The summed E-state index contributed by atoms with van der Waals surface area (Å²) in [6, 6.07) is 0.